The maximum atomic E-state index is 11.7. The number of piperidine rings is 1. The molecule has 2 saturated heterocycles. The number of carbonyl (C=O) groups excluding carboxylic acids is 1. The number of nitrogens with one attached hydrogen (secondary N) is 2. The first-order valence-corrected chi connectivity index (χ1v) is 6.50. The Kier molecular flexibility index (Phi) is 6.23. The molecule has 2 unspecified atom stereocenters. The highest BCUT2D eigenvalue weighted by Crippen LogP contribution is 2.15. The highest BCUT2D eigenvalue weighted by Gasteiger charge is 2.26. The minimum Gasteiger partial charge on any atom is -0.355 e. The van der Waals surface area contributed by atoms with E-state index in [1.807, 2.05) is 6.92 Å². The fourth-order valence-corrected chi connectivity index (χ4v) is 2.66. The smallest absolute Gasteiger partial charge is 0.237 e. The predicted molar refractivity (Wildman–Crippen MR) is 71.5 cm³/mol. The lowest BCUT2D eigenvalue weighted by molar-refractivity contribution is -0.125. The van der Waals surface area contributed by atoms with E-state index < -0.39 is 0 Å². The van der Waals surface area contributed by atoms with Crippen LogP contribution in [0.25, 0.3) is 0 Å². The highest BCUT2D eigenvalue weighted by atomic mass is 35.5. The summed E-state index contributed by atoms with van der Waals surface area (Å²) in [5, 5.41) is 6.40. The molecule has 4 nitrogen and oxygen atoms in total. The van der Waals surface area contributed by atoms with E-state index in [2.05, 4.69) is 15.5 Å². The summed E-state index contributed by atoms with van der Waals surface area (Å²) in [5.41, 5.74) is 0. The van der Waals surface area contributed by atoms with Crippen molar-refractivity contribution in [3.63, 3.8) is 0 Å². The summed E-state index contributed by atoms with van der Waals surface area (Å²) in [6.45, 7) is 7.26. The number of rotatable bonds is 2. The van der Waals surface area contributed by atoms with E-state index in [4.69, 9.17) is 0 Å². The fraction of sp³-hybridized carbons (Fsp3) is 0.917. The van der Waals surface area contributed by atoms with E-state index in [1.54, 1.807) is 0 Å². The number of amides is 1. The molecule has 100 valence electrons. The molecule has 0 aromatic carbocycles. The van der Waals surface area contributed by atoms with Gasteiger partial charge in [-0.1, -0.05) is 0 Å². The minimum absolute atomic E-state index is 0. The van der Waals surface area contributed by atoms with Gasteiger partial charge in [0.1, 0.15) is 0 Å². The lowest BCUT2D eigenvalue weighted by atomic mass is 9.98. The molecule has 0 radical (unpaired) electrons. The Morgan fingerprint density at radius 2 is 2.18 bits per heavy atom. The first-order valence-electron chi connectivity index (χ1n) is 6.50. The normalized spacial score (nSPS) is 31.2. The number of carbonyl (C=O) groups is 1. The van der Waals surface area contributed by atoms with E-state index in [1.165, 1.54) is 12.8 Å². The zero-order chi connectivity index (χ0) is 11.4. The molecule has 0 saturated carbocycles. The van der Waals surface area contributed by atoms with Gasteiger partial charge in [0.15, 0.2) is 0 Å². The van der Waals surface area contributed by atoms with Crippen molar-refractivity contribution in [2.75, 3.05) is 32.7 Å². The molecule has 2 atom stereocenters. The molecule has 17 heavy (non-hydrogen) atoms. The van der Waals surface area contributed by atoms with Crippen LogP contribution in [-0.2, 0) is 4.79 Å². The number of hydrogen-bond acceptors (Lipinski definition) is 3. The van der Waals surface area contributed by atoms with E-state index in [0.29, 0.717) is 0 Å². The van der Waals surface area contributed by atoms with Crippen LogP contribution in [0.1, 0.15) is 26.2 Å². The largest absolute Gasteiger partial charge is 0.355 e. The van der Waals surface area contributed by atoms with Crippen LogP contribution in [0.4, 0.5) is 0 Å². The van der Waals surface area contributed by atoms with Gasteiger partial charge in [0.25, 0.3) is 0 Å². The summed E-state index contributed by atoms with van der Waals surface area (Å²) >= 11 is 0. The van der Waals surface area contributed by atoms with Crippen molar-refractivity contribution in [2.24, 2.45) is 5.92 Å². The van der Waals surface area contributed by atoms with E-state index in [-0.39, 0.29) is 24.4 Å². The van der Waals surface area contributed by atoms with Gasteiger partial charge in [0.2, 0.25) is 5.91 Å². The van der Waals surface area contributed by atoms with E-state index in [9.17, 15) is 4.79 Å². The zero-order valence-corrected chi connectivity index (χ0v) is 11.4. The molecule has 0 aromatic heterocycles. The lowest BCUT2D eigenvalue weighted by Gasteiger charge is -2.31. The van der Waals surface area contributed by atoms with Gasteiger partial charge in [-0.05, 0) is 45.2 Å². The molecule has 2 aliphatic rings. The number of halogens is 1. The van der Waals surface area contributed by atoms with Gasteiger partial charge in [-0.25, -0.2) is 0 Å². The average molecular weight is 262 g/mol. The molecular weight excluding hydrogens is 238 g/mol. The Labute approximate surface area is 110 Å². The fourth-order valence-electron chi connectivity index (χ4n) is 2.66. The molecule has 0 aliphatic carbocycles. The van der Waals surface area contributed by atoms with Gasteiger partial charge in [0.05, 0.1) is 6.04 Å². The summed E-state index contributed by atoms with van der Waals surface area (Å²) in [7, 11) is 0. The molecule has 2 heterocycles. The summed E-state index contributed by atoms with van der Waals surface area (Å²) in [5.74, 6) is 0.920. The molecule has 5 heteroatoms. The van der Waals surface area contributed by atoms with Crippen molar-refractivity contribution in [1.82, 2.24) is 15.5 Å². The Morgan fingerprint density at radius 3 is 2.88 bits per heavy atom. The molecule has 2 aliphatic heterocycles. The Bertz CT molecular complexity index is 244. The molecule has 1 amide bonds. The second-order valence-corrected chi connectivity index (χ2v) is 5.03. The van der Waals surface area contributed by atoms with E-state index in [0.717, 1.165) is 45.1 Å². The van der Waals surface area contributed by atoms with Crippen molar-refractivity contribution in [3.05, 3.63) is 0 Å². The van der Waals surface area contributed by atoms with Crippen LogP contribution in [0.3, 0.4) is 0 Å². The monoisotopic (exact) mass is 261 g/mol. The van der Waals surface area contributed by atoms with E-state index >= 15 is 0 Å². The molecule has 2 rings (SSSR count). The maximum absolute atomic E-state index is 11.7. The zero-order valence-electron chi connectivity index (χ0n) is 10.6. The molecule has 2 fully saturated rings. The topological polar surface area (TPSA) is 44.4 Å². The molecule has 2 N–H and O–H groups in total. The van der Waals surface area contributed by atoms with Gasteiger partial charge in [-0.2, -0.15) is 0 Å². The number of hydrogen-bond donors (Lipinski definition) is 2. The second kappa shape index (κ2) is 7.19. The average Bonchev–Trinajstić information content (AvgIpc) is 2.46. The third-order valence-electron chi connectivity index (χ3n) is 3.74. The summed E-state index contributed by atoms with van der Waals surface area (Å²) in [4.78, 5) is 14.0. The standard InChI is InChI=1S/C12H23N3O.ClH/c1-10-12(16)14-6-3-7-15(10)9-11-4-2-5-13-8-11;/h10-11,13H,2-9H2,1H3,(H,14,16);1H. The van der Waals surface area contributed by atoms with Crippen molar-refractivity contribution in [2.45, 2.75) is 32.2 Å². The Hall–Kier alpha value is -0.320. The quantitative estimate of drug-likeness (QED) is 0.766. The predicted octanol–water partition coefficient (Wildman–Crippen LogP) is 0.618. The SMILES string of the molecule is CC1C(=O)NCCCN1CC1CCCNC1.Cl. The molecule has 0 bridgehead atoms. The van der Waals surface area contributed by atoms with Crippen LogP contribution in [0, 0.1) is 5.92 Å². The lowest BCUT2D eigenvalue weighted by Crippen LogP contribution is -2.46. The van der Waals surface area contributed by atoms with Crippen molar-refractivity contribution in [3.8, 4) is 0 Å². The number of nitrogens with zero attached hydrogens (tertiary/aromatic N) is 1. The molecule has 0 spiro atoms. The Morgan fingerprint density at radius 1 is 1.35 bits per heavy atom. The third kappa shape index (κ3) is 4.12. The van der Waals surface area contributed by atoms with Crippen LogP contribution < -0.4 is 10.6 Å². The van der Waals surface area contributed by atoms with Gasteiger partial charge < -0.3 is 10.6 Å². The van der Waals surface area contributed by atoms with Crippen molar-refractivity contribution in [1.29, 1.82) is 0 Å². The maximum Gasteiger partial charge on any atom is 0.237 e. The van der Waals surface area contributed by atoms with Crippen LogP contribution in [0.5, 0.6) is 0 Å². The highest BCUT2D eigenvalue weighted by molar-refractivity contribution is 5.85. The summed E-state index contributed by atoms with van der Waals surface area (Å²) in [6, 6.07) is 0.0458. The van der Waals surface area contributed by atoms with Crippen LogP contribution >= 0.6 is 12.4 Å². The van der Waals surface area contributed by atoms with Crippen molar-refractivity contribution >= 4 is 18.3 Å². The molecular formula is C12H24ClN3O. The van der Waals surface area contributed by atoms with Crippen LogP contribution in [0.2, 0.25) is 0 Å². The molecule has 0 aromatic rings. The summed E-state index contributed by atoms with van der Waals surface area (Å²) in [6.07, 6.45) is 3.66. The second-order valence-electron chi connectivity index (χ2n) is 5.03. The van der Waals surface area contributed by atoms with Crippen LogP contribution in [-0.4, -0.2) is 49.6 Å². The first kappa shape index (κ1) is 14.7. The van der Waals surface area contributed by atoms with Gasteiger partial charge in [0, 0.05) is 19.6 Å². The van der Waals surface area contributed by atoms with Crippen molar-refractivity contribution < 1.29 is 4.79 Å². The third-order valence-corrected chi connectivity index (χ3v) is 3.74. The van der Waals surface area contributed by atoms with Gasteiger partial charge in [-0.3, -0.25) is 9.69 Å². The first-order chi connectivity index (χ1) is 7.77. The van der Waals surface area contributed by atoms with Gasteiger partial charge in [-0.15, -0.1) is 12.4 Å². The van der Waals surface area contributed by atoms with Crippen LogP contribution in [0.15, 0.2) is 0 Å². The Balaban J connectivity index is 0.00000144. The van der Waals surface area contributed by atoms with Gasteiger partial charge >= 0.3 is 0 Å². The minimum atomic E-state index is 0. The summed E-state index contributed by atoms with van der Waals surface area (Å²) < 4.78 is 0.